The molecule has 1 N–H and O–H groups in total. The van der Waals surface area contributed by atoms with Crippen LogP contribution in [0.1, 0.15) is 42.6 Å². The van der Waals surface area contributed by atoms with E-state index in [4.69, 9.17) is 0 Å². The van der Waals surface area contributed by atoms with Crippen LogP contribution in [0.2, 0.25) is 0 Å². The summed E-state index contributed by atoms with van der Waals surface area (Å²) in [6.07, 6.45) is 5.67. The lowest BCUT2D eigenvalue weighted by atomic mass is 10.1. The molecule has 1 fully saturated rings. The molecular weight excluding hydrogens is 282 g/mol. The van der Waals surface area contributed by atoms with E-state index in [1.165, 1.54) is 12.8 Å². The van der Waals surface area contributed by atoms with Crippen molar-refractivity contribution >= 4 is 11.3 Å². The largest absolute Gasteiger partial charge is 0.314 e. The van der Waals surface area contributed by atoms with Crippen LogP contribution in [0.3, 0.4) is 0 Å². The summed E-state index contributed by atoms with van der Waals surface area (Å²) in [5, 5.41) is 22.7. The van der Waals surface area contributed by atoms with Crippen LogP contribution >= 0.6 is 11.3 Å². The maximum Gasteiger partial charge on any atom is 0.149 e. The fraction of sp³-hybridized carbons (Fsp3) is 0.600. The van der Waals surface area contributed by atoms with Gasteiger partial charge in [-0.2, -0.15) is 10.2 Å². The maximum atomic E-state index is 4.34. The van der Waals surface area contributed by atoms with E-state index in [2.05, 4.69) is 38.7 Å². The summed E-state index contributed by atoms with van der Waals surface area (Å²) in [5.74, 6) is 0. The number of rotatable bonds is 7. The SMILES string of the molecule is CCc1nnc(C)cc1-c1nnc(CCCNC2CC2)s1. The van der Waals surface area contributed by atoms with Crippen LogP contribution < -0.4 is 5.32 Å². The summed E-state index contributed by atoms with van der Waals surface area (Å²) in [5.41, 5.74) is 3.01. The first-order chi connectivity index (χ1) is 10.3. The molecule has 1 saturated carbocycles. The highest BCUT2D eigenvalue weighted by atomic mass is 32.1. The Labute approximate surface area is 129 Å². The third kappa shape index (κ3) is 3.83. The molecule has 2 heterocycles. The van der Waals surface area contributed by atoms with E-state index in [1.807, 2.05) is 6.92 Å². The molecule has 0 bridgehead atoms. The van der Waals surface area contributed by atoms with Crippen molar-refractivity contribution in [2.24, 2.45) is 0 Å². The second-order valence-corrected chi connectivity index (χ2v) is 6.59. The fourth-order valence-corrected chi connectivity index (χ4v) is 3.18. The van der Waals surface area contributed by atoms with Crippen molar-refractivity contribution in [1.29, 1.82) is 0 Å². The minimum absolute atomic E-state index is 0.785. The van der Waals surface area contributed by atoms with Gasteiger partial charge in [-0.3, -0.25) is 0 Å². The van der Waals surface area contributed by atoms with Gasteiger partial charge >= 0.3 is 0 Å². The Morgan fingerprint density at radius 2 is 2.10 bits per heavy atom. The number of nitrogens with zero attached hydrogens (tertiary/aromatic N) is 4. The normalized spacial score (nSPS) is 14.6. The molecule has 6 heteroatoms. The molecule has 0 saturated heterocycles. The van der Waals surface area contributed by atoms with E-state index in [1.54, 1.807) is 11.3 Å². The average molecular weight is 303 g/mol. The zero-order valence-electron chi connectivity index (χ0n) is 12.6. The first kappa shape index (κ1) is 14.5. The Hall–Kier alpha value is -1.40. The first-order valence-electron chi connectivity index (χ1n) is 7.65. The fourth-order valence-electron chi connectivity index (χ4n) is 2.26. The Bertz CT molecular complexity index is 606. The summed E-state index contributed by atoms with van der Waals surface area (Å²) >= 11 is 1.68. The first-order valence-corrected chi connectivity index (χ1v) is 8.47. The summed E-state index contributed by atoms with van der Waals surface area (Å²) in [4.78, 5) is 0. The number of nitrogens with one attached hydrogen (secondary N) is 1. The predicted molar refractivity (Wildman–Crippen MR) is 84.4 cm³/mol. The van der Waals surface area contributed by atoms with Gasteiger partial charge in [-0.1, -0.05) is 18.3 Å². The van der Waals surface area contributed by atoms with Crippen LogP contribution in [-0.4, -0.2) is 33.0 Å². The smallest absolute Gasteiger partial charge is 0.149 e. The second-order valence-electron chi connectivity index (χ2n) is 5.53. The summed E-state index contributed by atoms with van der Waals surface area (Å²) < 4.78 is 0. The van der Waals surface area contributed by atoms with Gasteiger partial charge in [0.15, 0.2) is 0 Å². The minimum Gasteiger partial charge on any atom is -0.314 e. The van der Waals surface area contributed by atoms with E-state index in [0.29, 0.717) is 0 Å². The van der Waals surface area contributed by atoms with E-state index < -0.39 is 0 Å². The van der Waals surface area contributed by atoms with Crippen LogP contribution in [0.4, 0.5) is 0 Å². The molecule has 2 aromatic heterocycles. The molecule has 3 rings (SSSR count). The van der Waals surface area contributed by atoms with E-state index in [0.717, 1.165) is 58.8 Å². The zero-order chi connectivity index (χ0) is 14.7. The van der Waals surface area contributed by atoms with Crippen LogP contribution in [0.15, 0.2) is 6.07 Å². The van der Waals surface area contributed by atoms with Gasteiger partial charge in [-0.05, 0) is 45.2 Å². The van der Waals surface area contributed by atoms with E-state index in [-0.39, 0.29) is 0 Å². The van der Waals surface area contributed by atoms with Crippen molar-refractivity contribution in [2.45, 2.75) is 52.0 Å². The van der Waals surface area contributed by atoms with Crippen LogP contribution in [0.5, 0.6) is 0 Å². The highest BCUT2D eigenvalue weighted by molar-refractivity contribution is 7.14. The Balaban J connectivity index is 1.64. The van der Waals surface area contributed by atoms with Gasteiger partial charge in [0.25, 0.3) is 0 Å². The monoisotopic (exact) mass is 303 g/mol. The number of aromatic nitrogens is 4. The molecule has 21 heavy (non-hydrogen) atoms. The molecule has 0 unspecified atom stereocenters. The van der Waals surface area contributed by atoms with E-state index in [9.17, 15) is 0 Å². The standard InChI is InChI=1S/C15H21N5S/c1-3-13-12(9-10(2)17-18-13)15-20-19-14(21-15)5-4-8-16-11-6-7-11/h9,11,16H,3-8H2,1-2H3. The van der Waals surface area contributed by atoms with Crippen molar-refractivity contribution in [1.82, 2.24) is 25.7 Å². The van der Waals surface area contributed by atoms with Gasteiger partial charge in [0.2, 0.25) is 0 Å². The van der Waals surface area contributed by atoms with Crippen molar-refractivity contribution in [2.75, 3.05) is 6.54 Å². The second kappa shape index (κ2) is 6.58. The van der Waals surface area contributed by atoms with Gasteiger partial charge in [-0.15, -0.1) is 10.2 Å². The van der Waals surface area contributed by atoms with Gasteiger partial charge in [0.1, 0.15) is 10.0 Å². The topological polar surface area (TPSA) is 63.6 Å². The molecule has 0 aliphatic heterocycles. The average Bonchev–Trinajstić information content (AvgIpc) is 3.20. The zero-order valence-corrected chi connectivity index (χ0v) is 13.4. The number of aryl methyl sites for hydroxylation is 3. The van der Waals surface area contributed by atoms with Crippen molar-refractivity contribution in [3.05, 3.63) is 22.5 Å². The molecule has 0 radical (unpaired) electrons. The van der Waals surface area contributed by atoms with Crippen LogP contribution in [0.25, 0.3) is 10.6 Å². The molecule has 0 spiro atoms. The molecule has 5 nitrogen and oxygen atoms in total. The lowest BCUT2D eigenvalue weighted by molar-refractivity contribution is 0.643. The van der Waals surface area contributed by atoms with Crippen molar-refractivity contribution in [3.63, 3.8) is 0 Å². The van der Waals surface area contributed by atoms with Crippen molar-refractivity contribution < 1.29 is 0 Å². The highest BCUT2D eigenvalue weighted by Crippen LogP contribution is 2.27. The van der Waals surface area contributed by atoms with Gasteiger partial charge in [-0.25, -0.2) is 0 Å². The van der Waals surface area contributed by atoms with Gasteiger partial charge < -0.3 is 5.32 Å². The maximum absolute atomic E-state index is 4.34. The lowest BCUT2D eigenvalue weighted by Crippen LogP contribution is -2.17. The van der Waals surface area contributed by atoms with Gasteiger partial charge in [0.05, 0.1) is 11.4 Å². The number of hydrogen-bond acceptors (Lipinski definition) is 6. The minimum atomic E-state index is 0.785. The number of hydrogen-bond donors (Lipinski definition) is 1. The molecule has 1 aliphatic carbocycles. The molecular formula is C15H21N5S. The molecule has 2 aromatic rings. The predicted octanol–water partition coefficient (Wildman–Crippen LogP) is 2.55. The summed E-state index contributed by atoms with van der Waals surface area (Å²) in [7, 11) is 0. The van der Waals surface area contributed by atoms with E-state index >= 15 is 0 Å². The van der Waals surface area contributed by atoms with Crippen LogP contribution in [-0.2, 0) is 12.8 Å². The highest BCUT2D eigenvalue weighted by Gasteiger charge is 2.19. The Morgan fingerprint density at radius 3 is 2.86 bits per heavy atom. The molecule has 0 amide bonds. The summed E-state index contributed by atoms with van der Waals surface area (Å²) in [6, 6.07) is 2.85. The van der Waals surface area contributed by atoms with Crippen LogP contribution in [0, 0.1) is 6.92 Å². The Kier molecular flexibility index (Phi) is 4.55. The molecule has 112 valence electrons. The summed E-state index contributed by atoms with van der Waals surface area (Å²) in [6.45, 7) is 5.13. The van der Waals surface area contributed by atoms with Gasteiger partial charge in [0, 0.05) is 18.0 Å². The molecule has 0 atom stereocenters. The Morgan fingerprint density at radius 1 is 1.24 bits per heavy atom. The molecule has 1 aliphatic rings. The molecule has 0 aromatic carbocycles. The lowest BCUT2D eigenvalue weighted by Gasteiger charge is -2.02. The van der Waals surface area contributed by atoms with Crippen molar-refractivity contribution in [3.8, 4) is 10.6 Å². The third-order valence-electron chi connectivity index (χ3n) is 3.60. The quantitative estimate of drug-likeness (QED) is 0.796. The third-order valence-corrected chi connectivity index (χ3v) is 4.62.